The number of hydrogen-bond acceptors (Lipinski definition) is 2. The van der Waals surface area contributed by atoms with E-state index in [0.29, 0.717) is 10.5 Å². The maximum absolute atomic E-state index is 12.9. The van der Waals surface area contributed by atoms with E-state index in [4.69, 9.17) is 16.7 Å². The van der Waals surface area contributed by atoms with Crippen molar-refractivity contribution in [3.63, 3.8) is 0 Å². The zero-order valence-corrected chi connectivity index (χ0v) is 11.7. The standard InChI is InChI=1S/C14H10ClFO3S/c15-13-7-11(16)5-4-10(13)8-20(19)12-3-1-2-9(6-12)14(17)18/h1-7H,8H2,(H,17,18). The Balaban J connectivity index is 2.24. The lowest BCUT2D eigenvalue weighted by atomic mass is 10.2. The van der Waals surface area contributed by atoms with Gasteiger partial charge in [-0.15, -0.1) is 0 Å². The molecule has 0 saturated carbocycles. The molecule has 2 aromatic carbocycles. The zero-order chi connectivity index (χ0) is 14.7. The van der Waals surface area contributed by atoms with Crippen LogP contribution in [0, 0.1) is 5.82 Å². The highest BCUT2D eigenvalue weighted by Crippen LogP contribution is 2.21. The third-order valence-corrected chi connectivity index (χ3v) is 4.35. The first kappa shape index (κ1) is 14.7. The number of carbonyl (C=O) groups is 1. The van der Waals surface area contributed by atoms with Gasteiger partial charge in [-0.3, -0.25) is 4.21 Å². The molecule has 0 aromatic heterocycles. The van der Waals surface area contributed by atoms with Crippen molar-refractivity contribution >= 4 is 28.4 Å². The minimum absolute atomic E-state index is 0.0704. The lowest BCUT2D eigenvalue weighted by Gasteiger charge is -2.06. The molecule has 0 aliphatic carbocycles. The monoisotopic (exact) mass is 312 g/mol. The van der Waals surface area contributed by atoms with Crippen molar-refractivity contribution in [3.05, 3.63) is 64.4 Å². The van der Waals surface area contributed by atoms with E-state index in [1.165, 1.54) is 30.3 Å². The average molecular weight is 313 g/mol. The van der Waals surface area contributed by atoms with E-state index >= 15 is 0 Å². The molecule has 1 atom stereocenters. The highest BCUT2D eigenvalue weighted by Gasteiger charge is 2.11. The Hall–Kier alpha value is -1.72. The summed E-state index contributed by atoms with van der Waals surface area (Å²) < 4.78 is 25.1. The third-order valence-electron chi connectivity index (χ3n) is 2.65. The molecule has 2 rings (SSSR count). The van der Waals surface area contributed by atoms with Crippen molar-refractivity contribution in [2.45, 2.75) is 10.6 Å². The van der Waals surface area contributed by atoms with Crippen LogP contribution in [0.15, 0.2) is 47.4 Å². The topological polar surface area (TPSA) is 54.4 Å². The Labute approximate surface area is 122 Å². The van der Waals surface area contributed by atoms with Gasteiger partial charge in [0.1, 0.15) is 5.82 Å². The van der Waals surface area contributed by atoms with Gasteiger partial charge >= 0.3 is 5.97 Å². The van der Waals surface area contributed by atoms with E-state index in [-0.39, 0.29) is 16.3 Å². The Bertz CT molecular complexity index is 688. The third kappa shape index (κ3) is 3.43. The minimum Gasteiger partial charge on any atom is -0.478 e. The largest absolute Gasteiger partial charge is 0.478 e. The number of hydrogen-bond donors (Lipinski definition) is 1. The molecule has 0 heterocycles. The second kappa shape index (κ2) is 6.15. The summed E-state index contributed by atoms with van der Waals surface area (Å²) >= 11 is 5.87. The Morgan fingerprint density at radius 2 is 2.00 bits per heavy atom. The van der Waals surface area contributed by atoms with Gasteiger partial charge < -0.3 is 5.11 Å². The molecule has 0 aliphatic heterocycles. The summed E-state index contributed by atoms with van der Waals surface area (Å²) in [6.07, 6.45) is 0. The summed E-state index contributed by atoms with van der Waals surface area (Å²) in [4.78, 5) is 11.3. The first-order valence-electron chi connectivity index (χ1n) is 5.63. The molecule has 2 aromatic rings. The van der Waals surface area contributed by atoms with Crippen LogP contribution >= 0.6 is 11.6 Å². The van der Waals surface area contributed by atoms with Gasteiger partial charge in [0.05, 0.1) is 22.1 Å². The Morgan fingerprint density at radius 1 is 1.25 bits per heavy atom. The quantitative estimate of drug-likeness (QED) is 0.940. The SMILES string of the molecule is O=C(O)c1cccc(S(=O)Cc2ccc(F)cc2Cl)c1. The van der Waals surface area contributed by atoms with Crippen LogP contribution < -0.4 is 0 Å². The van der Waals surface area contributed by atoms with E-state index in [1.807, 2.05) is 0 Å². The number of aromatic carboxylic acids is 1. The number of carboxylic acid groups (broad SMARTS) is 1. The molecule has 1 unspecified atom stereocenters. The summed E-state index contributed by atoms with van der Waals surface area (Å²) in [5.41, 5.74) is 0.619. The predicted octanol–water partition coefficient (Wildman–Crippen LogP) is 3.49. The van der Waals surface area contributed by atoms with Crippen molar-refractivity contribution in [1.29, 1.82) is 0 Å². The molecule has 0 bridgehead atoms. The molecular weight excluding hydrogens is 303 g/mol. The number of halogens is 2. The first-order chi connectivity index (χ1) is 9.47. The predicted molar refractivity (Wildman–Crippen MR) is 74.9 cm³/mol. The molecule has 0 radical (unpaired) electrons. The number of benzene rings is 2. The summed E-state index contributed by atoms with van der Waals surface area (Å²) in [5.74, 6) is -1.44. The fraction of sp³-hybridized carbons (Fsp3) is 0.0714. The van der Waals surface area contributed by atoms with E-state index in [1.54, 1.807) is 6.07 Å². The van der Waals surface area contributed by atoms with Crippen molar-refractivity contribution in [1.82, 2.24) is 0 Å². The molecule has 104 valence electrons. The maximum Gasteiger partial charge on any atom is 0.335 e. The summed E-state index contributed by atoms with van der Waals surface area (Å²) in [5, 5.41) is 9.10. The van der Waals surface area contributed by atoms with E-state index in [9.17, 15) is 13.4 Å². The molecule has 6 heteroatoms. The van der Waals surface area contributed by atoms with Crippen molar-refractivity contribution in [3.8, 4) is 0 Å². The fourth-order valence-corrected chi connectivity index (χ4v) is 3.14. The summed E-state index contributed by atoms with van der Waals surface area (Å²) in [6.45, 7) is 0. The zero-order valence-electron chi connectivity index (χ0n) is 10.2. The van der Waals surface area contributed by atoms with Crippen LogP contribution in [-0.2, 0) is 16.6 Å². The van der Waals surface area contributed by atoms with Gasteiger partial charge in [-0.2, -0.15) is 0 Å². The minimum atomic E-state index is -1.45. The van der Waals surface area contributed by atoms with E-state index < -0.39 is 22.6 Å². The molecule has 0 saturated heterocycles. The highest BCUT2D eigenvalue weighted by molar-refractivity contribution is 7.84. The molecule has 1 N–H and O–H groups in total. The van der Waals surface area contributed by atoms with Crippen molar-refractivity contribution in [2.24, 2.45) is 0 Å². The van der Waals surface area contributed by atoms with Crippen LogP contribution in [0.5, 0.6) is 0 Å². The number of rotatable bonds is 4. The van der Waals surface area contributed by atoms with E-state index in [0.717, 1.165) is 6.07 Å². The Kier molecular flexibility index (Phi) is 4.52. The molecule has 20 heavy (non-hydrogen) atoms. The maximum atomic E-state index is 12.9. The lowest BCUT2D eigenvalue weighted by Crippen LogP contribution is -2.01. The fourth-order valence-electron chi connectivity index (χ4n) is 1.63. The van der Waals surface area contributed by atoms with Crippen molar-refractivity contribution < 1.29 is 18.5 Å². The van der Waals surface area contributed by atoms with Crippen LogP contribution in [0.3, 0.4) is 0 Å². The summed E-state index contributed by atoms with van der Waals surface area (Å²) in [7, 11) is -1.45. The Morgan fingerprint density at radius 3 is 2.65 bits per heavy atom. The van der Waals surface area contributed by atoms with Crippen molar-refractivity contribution in [2.75, 3.05) is 0 Å². The summed E-state index contributed by atoms with van der Waals surface area (Å²) in [6, 6.07) is 9.76. The van der Waals surface area contributed by atoms with Gasteiger partial charge in [-0.05, 0) is 35.9 Å². The van der Waals surface area contributed by atoms with Crippen LogP contribution in [-0.4, -0.2) is 15.3 Å². The second-order valence-corrected chi connectivity index (χ2v) is 5.92. The van der Waals surface area contributed by atoms with Gasteiger partial charge in [-0.25, -0.2) is 9.18 Å². The van der Waals surface area contributed by atoms with Gasteiger partial charge in [-0.1, -0.05) is 23.7 Å². The van der Waals surface area contributed by atoms with Gasteiger partial charge in [0, 0.05) is 9.92 Å². The number of carboxylic acids is 1. The van der Waals surface area contributed by atoms with Crippen LogP contribution in [0.2, 0.25) is 5.02 Å². The molecular formula is C14H10ClFO3S. The van der Waals surface area contributed by atoms with Crippen LogP contribution in [0.4, 0.5) is 4.39 Å². The highest BCUT2D eigenvalue weighted by atomic mass is 35.5. The smallest absolute Gasteiger partial charge is 0.335 e. The molecule has 0 spiro atoms. The van der Waals surface area contributed by atoms with Gasteiger partial charge in [0.25, 0.3) is 0 Å². The normalized spacial score (nSPS) is 12.1. The van der Waals surface area contributed by atoms with Gasteiger partial charge in [0.2, 0.25) is 0 Å². The van der Waals surface area contributed by atoms with Crippen LogP contribution in [0.1, 0.15) is 15.9 Å². The van der Waals surface area contributed by atoms with Gasteiger partial charge in [0.15, 0.2) is 0 Å². The molecule has 0 amide bonds. The molecule has 0 fully saturated rings. The second-order valence-electron chi connectivity index (χ2n) is 4.06. The average Bonchev–Trinajstić information content (AvgIpc) is 2.42. The first-order valence-corrected chi connectivity index (χ1v) is 7.33. The lowest BCUT2D eigenvalue weighted by molar-refractivity contribution is 0.0696. The van der Waals surface area contributed by atoms with E-state index in [2.05, 4.69) is 0 Å². The molecule has 0 aliphatic rings. The molecule has 3 nitrogen and oxygen atoms in total. The van der Waals surface area contributed by atoms with Crippen LogP contribution in [0.25, 0.3) is 0 Å².